The molecule has 1 N–H and O–H groups in total. The fourth-order valence-corrected chi connectivity index (χ4v) is 2.27. The third kappa shape index (κ3) is 3.04. The lowest BCUT2D eigenvalue weighted by Gasteiger charge is -2.15. The number of amides is 3. The number of alkyl halides is 1. The van der Waals surface area contributed by atoms with Crippen LogP contribution in [0.15, 0.2) is 6.20 Å². The second-order valence-electron chi connectivity index (χ2n) is 4.97. The number of carbonyl (C=O) groups is 2. The largest absolute Gasteiger partial charge is 0.325 e. The van der Waals surface area contributed by atoms with Crippen LogP contribution in [0, 0.1) is 0 Å². The highest BCUT2D eigenvalue weighted by atomic mass is 127. The lowest BCUT2D eigenvalue weighted by molar-refractivity contribution is -0.130. The Hall–Kier alpha value is -1.19. The first-order valence-corrected chi connectivity index (χ1v) is 7.55. The molecule has 3 amide bonds. The number of urea groups is 1. The fraction of sp³-hybridized carbons (Fsp3) is 0.636. The molecule has 0 radical (unpaired) electrons. The van der Waals surface area contributed by atoms with Crippen LogP contribution in [-0.4, -0.2) is 43.9 Å². The maximum atomic E-state index is 11.9. The van der Waals surface area contributed by atoms with Gasteiger partial charge in [-0.25, -0.2) is 4.79 Å². The summed E-state index contributed by atoms with van der Waals surface area (Å²) >= 11 is 2.22. The maximum absolute atomic E-state index is 11.9. The minimum absolute atomic E-state index is 0.177. The van der Waals surface area contributed by atoms with Crippen LogP contribution in [0.25, 0.3) is 0 Å². The number of nitrogens with one attached hydrogen (secondary N) is 1. The van der Waals surface area contributed by atoms with Gasteiger partial charge >= 0.3 is 6.03 Å². The molecule has 1 saturated heterocycles. The van der Waals surface area contributed by atoms with Crippen molar-refractivity contribution < 1.29 is 9.59 Å². The minimum atomic E-state index is -0.793. The van der Waals surface area contributed by atoms with Crippen LogP contribution in [0.1, 0.15) is 26.0 Å². The van der Waals surface area contributed by atoms with Crippen molar-refractivity contribution >= 4 is 34.5 Å². The molecule has 0 unspecified atom stereocenters. The molecular formula is C11H16IN5O2. The van der Waals surface area contributed by atoms with Crippen molar-refractivity contribution in [2.75, 3.05) is 6.54 Å². The summed E-state index contributed by atoms with van der Waals surface area (Å²) in [4.78, 5) is 24.8. The number of rotatable bonds is 5. The Morgan fingerprint density at radius 1 is 1.37 bits per heavy atom. The zero-order valence-corrected chi connectivity index (χ0v) is 13.0. The zero-order valence-electron chi connectivity index (χ0n) is 10.9. The summed E-state index contributed by atoms with van der Waals surface area (Å²) in [5, 5.41) is 10.6. The Morgan fingerprint density at radius 3 is 2.63 bits per heavy atom. The number of halogens is 1. The van der Waals surface area contributed by atoms with E-state index in [1.165, 1.54) is 4.90 Å². The number of aryl methyl sites for hydroxylation is 1. The minimum Gasteiger partial charge on any atom is -0.324 e. The van der Waals surface area contributed by atoms with E-state index in [9.17, 15) is 9.59 Å². The molecule has 2 rings (SSSR count). The summed E-state index contributed by atoms with van der Waals surface area (Å²) in [6.45, 7) is 4.45. The molecule has 1 aromatic heterocycles. The standard InChI is InChI=1S/C11H16IN5O2/c1-11(2)9(18)17(10(19)13-11)5-3-4-16-7-8(6-12)14-15-16/h7H,3-6H2,1-2H3,(H,13,19). The van der Waals surface area contributed by atoms with Gasteiger partial charge in [-0.3, -0.25) is 14.4 Å². The van der Waals surface area contributed by atoms with Crippen LogP contribution in [0.2, 0.25) is 0 Å². The predicted octanol–water partition coefficient (Wildman–Crippen LogP) is 0.934. The Labute approximate surface area is 124 Å². The van der Waals surface area contributed by atoms with Gasteiger partial charge in [0, 0.05) is 23.7 Å². The van der Waals surface area contributed by atoms with Gasteiger partial charge in [0.05, 0.1) is 5.69 Å². The number of imide groups is 1. The molecule has 104 valence electrons. The van der Waals surface area contributed by atoms with Gasteiger partial charge in [0.2, 0.25) is 0 Å². The molecule has 0 saturated carbocycles. The molecule has 1 aromatic rings. The van der Waals surface area contributed by atoms with E-state index in [1.807, 2.05) is 6.20 Å². The number of hydrogen-bond acceptors (Lipinski definition) is 4. The van der Waals surface area contributed by atoms with E-state index in [1.54, 1.807) is 18.5 Å². The summed E-state index contributed by atoms with van der Waals surface area (Å²) in [6, 6.07) is -0.318. The smallest absolute Gasteiger partial charge is 0.324 e. The lowest BCUT2D eigenvalue weighted by Crippen LogP contribution is -2.40. The normalized spacial score (nSPS) is 17.9. The molecule has 1 aliphatic rings. The number of carbonyl (C=O) groups excluding carboxylic acids is 2. The molecule has 2 heterocycles. The van der Waals surface area contributed by atoms with E-state index in [0.717, 1.165) is 10.1 Å². The van der Waals surface area contributed by atoms with Gasteiger partial charge in [0.1, 0.15) is 5.54 Å². The van der Waals surface area contributed by atoms with Crippen molar-refractivity contribution in [3.05, 3.63) is 11.9 Å². The molecule has 0 spiro atoms. The summed E-state index contributed by atoms with van der Waals surface area (Å²) in [7, 11) is 0. The summed E-state index contributed by atoms with van der Waals surface area (Å²) in [6.07, 6.45) is 2.54. The van der Waals surface area contributed by atoms with E-state index < -0.39 is 5.54 Å². The second kappa shape index (κ2) is 5.43. The molecule has 0 bridgehead atoms. The Morgan fingerprint density at radius 2 is 2.11 bits per heavy atom. The number of hydrogen-bond donors (Lipinski definition) is 1. The summed E-state index contributed by atoms with van der Waals surface area (Å²) in [5.41, 5.74) is 0.135. The van der Waals surface area contributed by atoms with Crippen LogP contribution in [0.5, 0.6) is 0 Å². The van der Waals surface area contributed by atoms with Crippen LogP contribution in [0.3, 0.4) is 0 Å². The zero-order chi connectivity index (χ0) is 14.0. The highest BCUT2D eigenvalue weighted by Crippen LogP contribution is 2.16. The van der Waals surface area contributed by atoms with Gasteiger partial charge in [-0.15, -0.1) is 5.10 Å². The summed E-state index contributed by atoms with van der Waals surface area (Å²) < 4.78 is 2.55. The molecule has 19 heavy (non-hydrogen) atoms. The van der Waals surface area contributed by atoms with Crippen molar-refractivity contribution in [1.82, 2.24) is 25.2 Å². The second-order valence-corrected chi connectivity index (χ2v) is 5.73. The third-order valence-corrected chi connectivity index (χ3v) is 3.72. The van der Waals surface area contributed by atoms with Crippen LogP contribution in [-0.2, 0) is 15.8 Å². The monoisotopic (exact) mass is 377 g/mol. The van der Waals surface area contributed by atoms with Crippen LogP contribution >= 0.6 is 22.6 Å². The average molecular weight is 377 g/mol. The van der Waals surface area contributed by atoms with Gasteiger partial charge in [0.25, 0.3) is 5.91 Å². The van der Waals surface area contributed by atoms with E-state index >= 15 is 0 Å². The van der Waals surface area contributed by atoms with Crippen LogP contribution < -0.4 is 5.32 Å². The third-order valence-electron chi connectivity index (χ3n) is 2.94. The predicted molar refractivity (Wildman–Crippen MR) is 76.7 cm³/mol. The highest BCUT2D eigenvalue weighted by molar-refractivity contribution is 14.1. The molecule has 0 atom stereocenters. The van der Waals surface area contributed by atoms with Gasteiger partial charge in [-0.1, -0.05) is 27.8 Å². The average Bonchev–Trinajstić information content (AvgIpc) is 2.87. The molecule has 0 aliphatic carbocycles. The molecule has 1 aliphatic heterocycles. The fourth-order valence-electron chi connectivity index (χ4n) is 1.92. The molecule has 0 aromatic carbocycles. The first-order chi connectivity index (χ1) is 8.94. The lowest BCUT2D eigenvalue weighted by atomic mass is 10.1. The Bertz CT molecular complexity index is 499. The van der Waals surface area contributed by atoms with E-state index in [0.29, 0.717) is 19.5 Å². The topological polar surface area (TPSA) is 80.1 Å². The quantitative estimate of drug-likeness (QED) is 0.471. The van der Waals surface area contributed by atoms with E-state index in [-0.39, 0.29) is 11.9 Å². The molecule has 1 fully saturated rings. The molecule has 7 nitrogen and oxygen atoms in total. The number of aromatic nitrogens is 3. The van der Waals surface area contributed by atoms with Crippen molar-refractivity contribution in [3.8, 4) is 0 Å². The summed E-state index contributed by atoms with van der Waals surface area (Å²) in [5.74, 6) is -0.177. The van der Waals surface area contributed by atoms with E-state index in [4.69, 9.17) is 0 Å². The van der Waals surface area contributed by atoms with Gasteiger partial charge < -0.3 is 5.32 Å². The Kier molecular flexibility index (Phi) is 4.07. The molecular weight excluding hydrogens is 361 g/mol. The van der Waals surface area contributed by atoms with Gasteiger partial charge in [-0.05, 0) is 20.3 Å². The highest BCUT2D eigenvalue weighted by Gasteiger charge is 2.43. The van der Waals surface area contributed by atoms with Crippen molar-refractivity contribution in [2.24, 2.45) is 0 Å². The van der Waals surface area contributed by atoms with Crippen molar-refractivity contribution in [3.63, 3.8) is 0 Å². The van der Waals surface area contributed by atoms with Crippen LogP contribution in [0.4, 0.5) is 4.79 Å². The van der Waals surface area contributed by atoms with Gasteiger partial charge in [-0.2, -0.15) is 0 Å². The van der Waals surface area contributed by atoms with E-state index in [2.05, 4.69) is 38.2 Å². The molecule has 8 heteroatoms. The first kappa shape index (κ1) is 14.2. The Balaban J connectivity index is 1.86. The first-order valence-electron chi connectivity index (χ1n) is 6.03. The van der Waals surface area contributed by atoms with Gasteiger partial charge in [0.15, 0.2) is 0 Å². The SMILES string of the molecule is CC1(C)NC(=O)N(CCCn2cc(CI)nn2)C1=O. The van der Waals surface area contributed by atoms with Crippen molar-refractivity contribution in [1.29, 1.82) is 0 Å². The number of nitrogens with zero attached hydrogens (tertiary/aromatic N) is 4. The van der Waals surface area contributed by atoms with Crippen molar-refractivity contribution in [2.45, 2.75) is 36.8 Å². The maximum Gasteiger partial charge on any atom is 0.325 e.